The van der Waals surface area contributed by atoms with Gasteiger partial charge >= 0.3 is 6.03 Å². The SMILES string of the molecule is O=C(NC1CCS(=O)(=O)C1)N1CCN(Cc2ccco2)CC1. The van der Waals surface area contributed by atoms with Gasteiger partial charge in [-0.3, -0.25) is 4.90 Å². The van der Waals surface area contributed by atoms with Crippen LogP contribution in [-0.4, -0.2) is 68.0 Å². The highest BCUT2D eigenvalue weighted by molar-refractivity contribution is 7.91. The number of amides is 2. The van der Waals surface area contributed by atoms with Crippen LogP contribution >= 0.6 is 0 Å². The molecule has 2 amide bonds. The maximum Gasteiger partial charge on any atom is 0.317 e. The number of nitrogens with zero attached hydrogens (tertiary/aromatic N) is 2. The number of hydrogen-bond donors (Lipinski definition) is 1. The van der Waals surface area contributed by atoms with Gasteiger partial charge in [-0.2, -0.15) is 0 Å². The van der Waals surface area contributed by atoms with Crippen molar-refractivity contribution in [1.82, 2.24) is 15.1 Å². The van der Waals surface area contributed by atoms with Crippen molar-refractivity contribution < 1.29 is 17.6 Å². The molecule has 1 atom stereocenters. The average molecular weight is 327 g/mol. The first kappa shape index (κ1) is 15.4. The van der Waals surface area contributed by atoms with Gasteiger partial charge < -0.3 is 14.6 Å². The van der Waals surface area contributed by atoms with Crippen molar-refractivity contribution in [2.24, 2.45) is 0 Å². The summed E-state index contributed by atoms with van der Waals surface area (Å²) in [6, 6.07) is 3.42. The predicted octanol–water partition coefficient (Wildman–Crippen LogP) is 0.294. The number of carbonyl (C=O) groups excluding carboxylic acids is 1. The van der Waals surface area contributed by atoms with E-state index in [1.165, 1.54) is 0 Å². The Labute approximate surface area is 130 Å². The van der Waals surface area contributed by atoms with Crippen molar-refractivity contribution in [3.05, 3.63) is 24.2 Å². The molecule has 8 heteroatoms. The molecule has 22 heavy (non-hydrogen) atoms. The molecule has 0 radical (unpaired) electrons. The van der Waals surface area contributed by atoms with E-state index in [0.717, 1.165) is 25.4 Å². The van der Waals surface area contributed by atoms with E-state index in [4.69, 9.17) is 4.42 Å². The molecular weight excluding hydrogens is 306 g/mol. The number of furan rings is 1. The van der Waals surface area contributed by atoms with Crippen molar-refractivity contribution in [2.45, 2.75) is 19.0 Å². The Kier molecular flexibility index (Phi) is 4.39. The highest BCUT2D eigenvalue weighted by Gasteiger charge is 2.30. The lowest BCUT2D eigenvalue weighted by atomic mass is 10.2. The van der Waals surface area contributed by atoms with Crippen LogP contribution in [0.5, 0.6) is 0 Å². The molecule has 0 saturated carbocycles. The monoisotopic (exact) mass is 327 g/mol. The van der Waals surface area contributed by atoms with Crippen LogP contribution in [0.2, 0.25) is 0 Å². The first-order valence-corrected chi connectivity index (χ1v) is 9.34. The molecule has 0 aliphatic carbocycles. The number of sulfone groups is 1. The summed E-state index contributed by atoms with van der Waals surface area (Å²) in [7, 11) is -2.96. The molecule has 3 rings (SSSR count). The largest absolute Gasteiger partial charge is 0.468 e. The van der Waals surface area contributed by atoms with E-state index in [0.29, 0.717) is 19.5 Å². The maximum absolute atomic E-state index is 12.2. The van der Waals surface area contributed by atoms with Gasteiger partial charge in [0.25, 0.3) is 0 Å². The molecule has 1 aromatic rings. The summed E-state index contributed by atoms with van der Waals surface area (Å²) >= 11 is 0. The lowest BCUT2D eigenvalue weighted by Crippen LogP contribution is -2.53. The third-order valence-electron chi connectivity index (χ3n) is 4.18. The van der Waals surface area contributed by atoms with Crippen LogP contribution < -0.4 is 5.32 Å². The lowest BCUT2D eigenvalue weighted by Gasteiger charge is -2.34. The van der Waals surface area contributed by atoms with Gasteiger partial charge in [-0.1, -0.05) is 0 Å². The van der Waals surface area contributed by atoms with E-state index >= 15 is 0 Å². The van der Waals surface area contributed by atoms with Crippen molar-refractivity contribution >= 4 is 15.9 Å². The number of rotatable bonds is 3. The van der Waals surface area contributed by atoms with Gasteiger partial charge in [0.15, 0.2) is 9.84 Å². The molecule has 1 N–H and O–H groups in total. The van der Waals surface area contributed by atoms with Gasteiger partial charge in [0.1, 0.15) is 5.76 Å². The highest BCUT2D eigenvalue weighted by Crippen LogP contribution is 2.13. The molecule has 2 aliphatic rings. The third-order valence-corrected chi connectivity index (χ3v) is 5.95. The average Bonchev–Trinajstić information content (AvgIpc) is 3.09. The van der Waals surface area contributed by atoms with Crippen LogP contribution in [0.15, 0.2) is 22.8 Å². The Morgan fingerprint density at radius 1 is 1.32 bits per heavy atom. The van der Waals surface area contributed by atoms with E-state index in [9.17, 15) is 13.2 Å². The fourth-order valence-electron chi connectivity index (χ4n) is 2.91. The first-order chi connectivity index (χ1) is 10.5. The van der Waals surface area contributed by atoms with Crippen molar-refractivity contribution in [1.29, 1.82) is 0 Å². The normalized spacial score (nSPS) is 25.3. The van der Waals surface area contributed by atoms with Crippen molar-refractivity contribution in [3.8, 4) is 0 Å². The number of piperazine rings is 1. The Bertz CT molecular complexity index is 606. The molecule has 2 saturated heterocycles. The first-order valence-electron chi connectivity index (χ1n) is 7.52. The molecule has 7 nitrogen and oxygen atoms in total. The van der Waals surface area contributed by atoms with Crippen LogP contribution in [0, 0.1) is 0 Å². The van der Waals surface area contributed by atoms with E-state index in [1.807, 2.05) is 12.1 Å². The van der Waals surface area contributed by atoms with Gasteiger partial charge in [0, 0.05) is 32.2 Å². The standard InChI is InChI=1S/C14H21N3O4S/c18-14(15-12-3-9-22(19,20)11-12)17-6-4-16(5-7-17)10-13-2-1-8-21-13/h1-2,8,12H,3-7,9-11H2,(H,15,18). The minimum atomic E-state index is -2.96. The Hall–Kier alpha value is -1.54. The zero-order chi connectivity index (χ0) is 15.6. The van der Waals surface area contributed by atoms with E-state index < -0.39 is 9.84 Å². The van der Waals surface area contributed by atoms with Crippen LogP contribution in [0.4, 0.5) is 4.79 Å². The fraction of sp³-hybridized carbons (Fsp3) is 0.643. The number of urea groups is 1. The number of carbonyl (C=O) groups is 1. The Morgan fingerprint density at radius 3 is 2.68 bits per heavy atom. The van der Waals surface area contributed by atoms with E-state index in [2.05, 4.69) is 10.2 Å². The number of nitrogens with one attached hydrogen (secondary N) is 1. The molecule has 3 heterocycles. The quantitative estimate of drug-likeness (QED) is 0.863. The summed E-state index contributed by atoms with van der Waals surface area (Å²) in [5.41, 5.74) is 0. The zero-order valence-corrected chi connectivity index (χ0v) is 13.2. The van der Waals surface area contributed by atoms with Gasteiger partial charge in [0.2, 0.25) is 0 Å². The summed E-state index contributed by atoms with van der Waals surface area (Å²) < 4.78 is 28.2. The summed E-state index contributed by atoms with van der Waals surface area (Å²) in [6.07, 6.45) is 2.18. The Balaban J connectivity index is 1.44. The predicted molar refractivity (Wildman–Crippen MR) is 81.1 cm³/mol. The van der Waals surface area contributed by atoms with Crippen molar-refractivity contribution in [2.75, 3.05) is 37.7 Å². The molecule has 0 aromatic carbocycles. The van der Waals surface area contributed by atoms with Gasteiger partial charge in [-0.05, 0) is 18.6 Å². The maximum atomic E-state index is 12.2. The second kappa shape index (κ2) is 6.29. The van der Waals surface area contributed by atoms with Crippen molar-refractivity contribution in [3.63, 3.8) is 0 Å². The molecule has 2 aliphatic heterocycles. The van der Waals surface area contributed by atoms with E-state index in [-0.39, 0.29) is 23.6 Å². The molecule has 1 unspecified atom stereocenters. The van der Waals surface area contributed by atoms with Crippen LogP contribution in [-0.2, 0) is 16.4 Å². The second-order valence-corrected chi connectivity index (χ2v) is 8.12. The molecule has 0 bridgehead atoms. The zero-order valence-electron chi connectivity index (χ0n) is 12.4. The van der Waals surface area contributed by atoms with Gasteiger partial charge in [-0.15, -0.1) is 0 Å². The molecule has 0 spiro atoms. The number of hydrogen-bond acceptors (Lipinski definition) is 5. The van der Waals surface area contributed by atoms with Gasteiger partial charge in [-0.25, -0.2) is 13.2 Å². The van der Waals surface area contributed by atoms with Crippen LogP contribution in [0.3, 0.4) is 0 Å². The Morgan fingerprint density at radius 2 is 2.09 bits per heavy atom. The summed E-state index contributed by atoms with van der Waals surface area (Å²) in [5, 5.41) is 2.84. The van der Waals surface area contributed by atoms with Crippen LogP contribution in [0.1, 0.15) is 12.2 Å². The second-order valence-electron chi connectivity index (χ2n) is 5.89. The lowest BCUT2D eigenvalue weighted by molar-refractivity contribution is 0.129. The topological polar surface area (TPSA) is 82.9 Å². The summed E-state index contributed by atoms with van der Waals surface area (Å²) in [6.45, 7) is 3.62. The van der Waals surface area contributed by atoms with E-state index in [1.54, 1.807) is 11.2 Å². The summed E-state index contributed by atoms with van der Waals surface area (Å²) in [4.78, 5) is 16.2. The molecule has 1 aromatic heterocycles. The fourth-order valence-corrected chi connectivity index (χ4v) is 4.58. The minimum Gasteiger partial charge on any atom is -0.468 e. The van der Waals surface area contributed by atoms with Gasteiger partial charge in [0.05, 0.1) is 24.3 Å². The third kappa shape index (κ3) is 3.80. The minimum absolute atomic E-state index is 0.0667. The smallest absolute Gasteiger partial charge is 0.317 e. The molecular formula is C14H21N3O4S. The molecule has 2 fully saturated rings. The molecule has 122 valence electrons. The highest BCUT2D eigenvalue weighted by atomic mass is 32.2. The summed E-state index contributed by atoms with van der Waals surface area (Å²) in [5.74, 6) is 1.17. The van der Waals surface area contributed by atoms with Crippen LogP contribution in [0.25, 0.3) is 0 Å².